The fraction of sp³-hybridized carbons (Fsp3) is 0.375. The van der Waals surface area contributed by atoms with Gasteiger partial charge in [0.15, 0.2) is 5.13 Å². The van der Waals surface area contributed by atoms with Gasteiger partial charge in [0.25, 0.3) is 0 Å². The van der Waals surface area contributed by atoms with Crippen LogP contribution in [0.15, 0.2) is 29.6 Å². The maximum atomic E-state index is 12.6. The molecule has 3 rings (SSSR count). The molecule has 1 heterocycles. The maximum absolute atomic E-state index is 12.6. The molecule has 1 N–H and O–H groups in total. The largest absolute Gasteiger partial charge is 0.301 e. The van der Waals surface area contributed by atoms with E-state index in [2.05, 4.69) is 24.1 Å². The zero-order chi connectivity index (χ0) is 15.0. The lowest BCUT2D eigenvalue weighted by atomic mass is 9.95. The predicted octanol–water partition coefficient (Wildman–Crippen LogP) is 4.59. The zero-order valence-electron chi connectivity index (χ0n) is 12.0. The fourth-order valence-electron chi connectivity index (χ4n) is 2.37. The van der Waals surface area contributed by atoms with Crippen LogP contribution in [0.4, 0.5) is 5.13 Å². The van der Waals surface area contributed by atoms with Crippen molar-refractivity contribution in [3.05, 3.63) is 45.9 Å². The van der Waals surface area contributed by atoms with E-state index >= 15 is 0 Å². The molecule has 1 saturated carbocycles. The van der Waals surface area contributed by atoms with E-state index in [0.717, 1.165) is 24.1 Å². The molecular weight excluding hydrogens is 304 g/mol. The summed E-state index contributed by atoms with van der Waals surface area (Å²) in [5.74, 6) is 0.410. The third kappa shape index (κ3) is 2.83. The summed E-state index contributed by atoms with van der Waals surface area (Å²) < 4.78 is 0. The highest BCUT2D eigenvalue weighted by Gasteiger charge is 2.51. The third-order valence-electron chi connectivity index (χ3n) is 3.92. The number of hydrogen-bond acceptors (Lipinski definition) is 3. The maximum Gasteiger partial charge on any atom is 0.236 e. The van der Waals surface area contributed by atoms with E-state index < -0.39 is 5.41 Å². The molecule has 0 spiro atoms. The minimum atomic E-state index is -0.395. The average molecular weight is 321 g/mol. The molecule has 0 atom stereocenters. The number of thiazole rings is 1. The second-order valence-corrected chi connectivity index (χ2v) is 7.07. The second-order valence-electron chi connectivity index (χ2n) is 5.78. The molecule has 110 valence electrons. The number of benzene rings is 1. The zero-order valence-corrected chi connectivity index (χ0v) is 13.6. The number of carbonyl (C=O) groups is 1. The van der Waals surface area contributed by atoms with Crippen molar-refractivity contribution in [3.63, 3.8) is 0 Å². The minimum Gasteiger partial charge on any atom is -0.301 e. The van der Waals surface area contributed by atoms with E-state index in [1.165, 1.54) is 11.3 Å². The molecule has 1 aliphatic rings. The summed E-state index contributed by atoms with van der Waals surface area (Å²) in [7, 11) is 0. The van der Waals surface area contributed by atoms with E-state index in [1.807, 2.05) is 29.6 Å². The summed E-state index contributed by atoms with van der Waals surface area (Å²) in [4.78, 5) is 17.0. The fourth-order valence-corrected chi connectivity index (χ4v) is 3.36. The Kier molecular flexibility index (Phi) is 3.76. The van der Waals surface area contributed by atoms with Gasteiger partial charge in [0.2, 0.25) is 5.91 Å². The highest BCUT2D eigenvalue weighted by molar-refractivity contribution is 7.13. The second kappa shape index (κ2) is 5.43. The molecule has 2 aromatic rings. The van der Waals surface area contributed by atoms with Gasteiger partial charge in [-0.1, -0.05) is 37.6 Å². The van der Waals surface area contributed by atoms with Crippen LogP contribution in [0, 0.1) is 0 Å². The normalized spacial score (nSPS) is 16.0. The number of rotatable bonds is 4. The molecule has 0 saturated heterocycles. The molecular formula is C16H17ClN2OS. The number of nitrogens with one attached hydrogen (secondary N) is 1. The van der Waals surface area contributed by atoms with Crippen LogP contribution < -0.4 is 5.32 Å². The molecule has 0 bridgehead atoms. The van der Waals surface area contributed by atoms with Crippen molar-refractivity contribution < 1.29 is 4.79 Å². The van der Waals surface area contributed by atoms with E-state index in [4.69, 9.17) is 11.6 Å². The van der Waals surface area contributed by atoms with Crippen molar-refractivity contribution in [1.29, 1.82) is 0 Å². The lowest BCUT2D eigenvalue weighted by molar-refractivity contribution is -0.118. The van der Waals surface area contributed by atoms with Gasteiger partial charge in [-0.3, -0.25) is 4.79 Å². The van der Waals surface area contributed by atoms with Crippen molar-refractivity contribution >= 4 is 34.0 Å². The predicted molar refractivity (Wildman–Crippen MR) is 87.2 cm³/mol. The Hall–Kier alpha value is -1.39. The summed E-state index contributed by atoms with van der Waals surface area (Å²) in [5.41, 5.74) is 1.66. The lowest BCUT2D eigenvalue weighted by Crippen LogP contribution is -2.27. The van der Waals surface area contributed by atoms with Crippen LogP contribution in [0.3, 0.4) is 0 Å². The Morgan fingerprint density at radius 2 is 2.00 bits per heavy atom. The Balaban J connectivity index is 1.76. The third-order valence-corrected chi connectivity index (χ3v) is 4.94. The topological polar surface area (TPSA) is 42.0 Å². The molecule has 0 radical (unpaired) electrons. The monoisotopic (exact) mass is 320 g/mol. The first-order valence-electron chi connectivity index (χ1n) is 7.04. The Labute approximate surface area is 133 Å². The molecule has 1 aromatic carbocycles. The standard InChI is InChI=1S/C16H17ClN2OS/c1-10(2)13-9-21-15(18-13)19-14(20)16(7-8-16)11-3-5-12(17)6-4-11/h3-6,9-10H,7-8H2,1-2H3,(H,18,19,20). The van der Waals surface area contributed by atoms with Crippen LogP contribution in [-0.4, -0.2) is 10.9 Å². The molecule has 1 amide bonds. The number of anilines is 1. The first-order chi connectivity index (χ1) is 10.0. The van der Waals surface area contributed by atoms with Gasteiger partial charge in [-0.25, -0.2) is 4.98 Å². The highest BCUT2D eigenvalue weighted by Crippen LogP contribution is 2.49. The van der Waals surface area contributed by atoms with Gasteiger partial charge in [0, 0.05) is 10.4 Å². The van der Waals surface area contributed by atoms with Crippen LogP contribution in [0.25, 0.3) is 0 Å². The first-order valence-corrected chi connectivity index (χ1v) is 8.30. The van der Waals surface area contributed by atoms with Gasteiger partial charge in [0.1, 0.15) is 0 Å². The van der Waals surface area contributed by atoms with E-state index in [1.54, 1.807) is 0 Å². The van der Waals surface area contributed by atoms with Crippen molar-refractivity contribution in [2.45, 2.75) is 38.0 Å². The van der Waals surface area contributed by atoms with Gasteiger partial charge in [-0.05, 0) is 36.5 Å². The summed E-state index contributed by atoms with van der Waals surface area (Å²) in [5, 5.41) is 6.35. The smallest absolute Gasteiger partial charge is 0.236 e. The highest BCUT2D eigenvalue weighted by atomic mass is 35.5. The Morgan fingerprint density at radius 3 is 2.52 bits per heavy atom. The quantitative estimate of drug-likeness (QED) is 0.895. The molecule has 3 nitrogen and oxygen atoms in total. The number of aromatic nitrogens is 1. The number of nitrogens with zero attached hydrogens (tertiary/aromatic N) is 1. The van der Waals surface area contributed by atoms with Gasteiger partial charge < -0.3 is 5.32 Å². The van der Waals surface area contributed by atoms with E-state index in [9.17, 15) is 4.79 Å². The summed E-state index contributed by atoms with van der Waals surface area (Å²) in [6.07, 6.45) is 1.76. The molecule has 1 aliphatic carbocycles. The van der Waals surface area contributed by atoms with Gasteiger partial charge in [0.05, 0.1) is 11.1 Å². The van der Waals surface area contributed by atoms with Crippen molar-refractivity contribution in [2.24, 2.45) is 0 Å². The average Bonchev–Trinajstić information content (AvgIpc) is 3.13. The van der Waals surface area contributed by atoms with Gasteiger partial charge in [-0.2, -0.15) is 0 Å². The number of amides is 1. The van der Waals surface area contributed by atoms with Crippen molar-refractivity contribution in [1.82, 2.24) is 4.98 Å². The van der Waals surface area contributed by atoms with E-state index in [0.29, 0.717) is 16.1 Å². The summed E-state index contributed by atoms with van der Waals surface area (Å²) in [6, 6.07) is 7.56. The Morgan fingerprint density at radius 1 is 1.33 bits per heavy atom. The number of hydrogen-bond donors (Lipinski definition) is 1. The van der Waals surface area contributed by atoms with Crippen LogP contribution in [-0.2, 0) is 10.2 Å². The van der Waals surface area contributed by atoms with Gasteiger partial charge >= 0.3 is 0 Å². The first kappa shape index (κ1) is 14.5. The molecule has 21 heavy (non-hydrogen) atoms. The molecule has 1 fully saturated rings. The SMILES string of the molecule is CC(C)c1csc(NC(=O)C2(c3ccc(Cl)cc3)CC2)n1. The van der Waals surface area contributed by atoms with Gasteiger partial charge in [-0.15, -0.1) is 11.3 Å². The number of carbonyl (C=O) groups excluding carboxylic acids is 1. The Bertz CT molecular complexity index is 659. The van der Waals surface area contributed by atoms with Crippen LogP contribution in [0.5, 0.6) is 0 Å². The lowest BCUT2D eigenvalue weighted by Gasteiger charge is -2.14. The van der Waals surface area contributed by atoms with Crippen molar-refractivity contribution in [2.75, 3.05) is 5.32 Å². The van der Waals surface area contributed by atoms with Crippen LogP contribution in [0.2, 0.25) is 5.02 Å². The molecule has 1 aromatic heterocycles. The molecule has 0 unspecified atom stereocenters. The van der Waals surface area contributed by atoms with Crippen LogP contribution >= 0.6 is 22.9 Å². The van der Waals surface area contributed by atoms with E-state index in [-0.39, 0.29) is 5.91 Å². The number of halogens is 1. The minimum absolute atomic E-state index is 0.0366. The summed E-state index contributed by atoms with van der Waals surface area (Å²) >= 11 is 7.40. The van der Waals surface area contributed by atoms with Crippen molar-refractivity contribution in [3.8, 4) is 0 Å². The van der Waals surface area contributed by atoms with Crippen LogP contribution in [0.1, 0.15) is 43.9 Å². The molecule has 5 heteroatoms. The summed E-state index contributed by atoms with van der Waals surface area (Å²) in [6.45, 7) is 4.19. The molecule has 0 aliphatic heterocycles.